The number of para-hydroxylation sites is 2. The van der Waals surface area contributed by atoms with Gasteiger partial charge in [-0.15, -0.1) is 0 Å². The second-order valence-electron chi connectivity index (χ2n) is 8.00. The molecule has 0 saturated carbocycles. The smallest absolute Gasteiger partial charge is 0.266 e. The van der Waals surface area contributed by atoms with Gasteiger partial charge in [0, 0.05) is 13.1 Å². The minimum Gasteiger partial charge on any atom is -0.342 e. The third-order valence-electron chi connectivity index (χ3n) is 5.58. The number of likely N-dealkylation sites (tertiary alicyclic amines) is 1. The molecule has 30 heavy (non-hydrogen) atoms. The van der Waals surface area contributed by atoms with Crippen LogP contribution in [0.5, 0.6) is 0 Å². The topological polar surface area (TPSA) is 55.2 Å². The molecule has 0 bridgehead atoms. The third-order valence-corrected chi connectivity index (χ3v) is 6.50. The second kappa shape index (κ2) is 9.04. The Morgan fingerprint density at radius 1 is 1.03 bits per heavy atom. The van der Waals surface area contributed by atoms with E-state index in [1.54, 1.807) is 4.57 Å². The number of piperidine rings is 1. The van der Waals surface area contributed by atoms with Gasteiger partial charge in [-0.3, -0.25) is 14.2 Å². The number of carbonyl (C=O) groups excluding carboxylic acids is 1. The van der Waals surface area contributed by atoms with Gasteiger partial charge in [0.15, 0.2) is 5.16 Å². The van der Waals surface area contributed by atoms with Crippen molar-refractivity contribution in [2.45, 2.75) is 44.2 Å². The fourth-order valence-corrected chi connectivity index (χ4v) is 4.87. The first-order valence-corrected chi connectivity index (χ1v) is 11.6. The summed E-state index contributed by atoms with van der Waals surface area (Å²) in [5, 5.41) is 1.15. The highest BCUT2D eigenvalue weighted by Gasteiger charge is 2.20. The lowest BCUT2D eigenvalue weighted by atomic mass is 10.0. The molecule has 2 heterocycles. The normalized spacial score (nSPS) is 14.4. The lowest BCUT2D eigenvalue weighted by Gasteiger charge is -2.26. The molecule has 1 aliphatic rings. The second-order valence-corrected chi connectivity index (χ2v) is 8.94. The van der Waals surface area contributed by atoms with Crippen LogP contribution >= 0.6 is 11.8 Å². The van der Waals surface area contributed by atoms with Crippen LogP contribution in [-0.4, -0.2) is 39.2 Å². The van der Waals surface area contributed by atoms with E-state index in [0.29, 0.717) is 16.1 Å². The van der Waals surface area contributed by atoms with E-state index in [2.05, 4.69) is 19.9 Å². The van der Waals surface area contributed by atoms with Gasteiger partial charge in [-0.25, -0.2) is 4.98 Å². The molecule has 0 N–H and O–H groups in total. The van der Waals surface area contributed by atoms with Crippen molar-refractivity contribution in [2.24, 2.45) is 0 Å². The Kier molecular flexibility index (Phi) is 6.23. The SMILES string of the molecule is CC(C)c1ccccc1-n1c(SCC(=O)N2CCCCC2)nc2ccccc2c1=O. The molecule has 1 aliphatic heterocycles. The zero-order chi connectivity index (χ0) is 21.1. The highest BCUT2D eigenvalue weighted by atomic mass is 32.2. The number of thioether (sulfide) groups is 1. The van der Waals surface area contributed by atoms with E-state index in [-0.39, 0.29) is 23.1 Å². The maximum Gasteiger partial charge on any atom is 0.266 e. The van der Waals surface area contributed by atoms with Crippen LogP contribution in [-0.2, 0) is 4.79 Å². The van der Waals surface area contributed by atoms with Gasteiger partial charge in [-0.05, 0) is 48.9 Å². The van der Waals surface area contributed by atoms with Crippen LogP contribution in [0.4, 0.5) is 0 Å². The summed E-state index contributed by atoms with van der Waals surface area (Å²) in [7, 11) is 0. The first kappa shape index (κ1) is 20.7. The number of rotatable bonds is 5. The van der Waals surface area contributed by atoms with Crippen molar-refractivity contribution < 1.29 is 4.79 Å². The summed E-state index contributed by atoms with van der Waals surface area (Å²) in [6.07, 6.45) is 3.32. The van der Waals surface area contributed by atoms with Crippen molar-refractivity contribution in [1.29, 1.82) is 0 Å². The fourth-order valence-electron chi connectivity index (χ4n) is 3.96. The van der Waals surface area contributed by atoms with Crippen LogP contribution in [0.15, 0.2) is 58.5 Å². The van der Waals surface area contributed by atoms with Gasteiger partial charge in [-0.1, -0.05) is 55.9 Å². The van der Waals surface area contributed by atoms with Crippen molar-refractivity contribution in [3.8, 4) is 5.69 Å². The molecule has 0 spiro atoms. The third kappa shape index (κ3) is 4.15. The number of amides is 1. The predicted octanol–water partition coefficient (Wildman–Crippen LogP) is 4.61. The molecule has 1 saturated heterocycles. The zero-order valence-electron chi connectivity index (χ0n) is 17.5. The largest absolute Gasteiger partial charge is 0.342 e. The summed E-state index contributed by atoms with van der Waals surface area (Å²) in [5.74, 6) is 0.660. The van der Waals surface area contributed by atoms with Gasteiger partial charge >= 0.3 is 0 Å². The summed E-state index contributed by atoms with van der Waals surface area (Å²) >= 11 is 1.35. The number of carbonyl (C=O) groups is 1. The van der Waals surface area contributed by atoms with E-state index in [9.17, 15) is 9.59 Å². The molecule has 3 aromatic rings. The maximum atomic E-state index is 13.5. The molecule has 1 fully saturated rings. The summed E-state index contributed by atoms with van der Waals surface area (Å²) in [6, 6.07) is 15.4. The molecular weight excluding hydrogens is 394 g/mol. The molecule has 4 rings (SSSR count). The Morgan fingerprint density at radius 2 is 1.73 bits per heavy atom. The number of nitrogens with zero attached hydrogens (tertiary/aromatic N) is 3. The standard InChI is InChI=1S/C24H27N3O2S/c1-17(2)18-10-5-7-13-21(18)27-23(29)19-11-4-6-12-20(19)25-24(27)30-16-22(28)26-14-8-3-9-15-26/h4-7,10-13,17H,3,8-9,14-16H2,1-2H3. The number of hydrogen-bond acceptors (Lipinski definition) is 4. The van der Waals surface area contributed by atoms with Crippen LogP contribution in [0.25, 0.3) is 16.6 Å². The Bertz CT molecular complexity index is 1120. The van der Waals surface area contributed by atoms with E-state index >= 15 is 0 Å². The van der Waals surface area contributed by atoms with Crippen molar-refractivity contribution >= 4 is 28.6 Å². The van der Waals surface area contributed by atoms with Gasteiger partial charge in [-0.2, -0.15) is 0 Å². The first-order valence-electron chi connectivity index (χ1n) is 10.6. The van der Waals surface area contributed by atoms with E-state index in [4.69, 9.17) is 4.98 Å². The van der Waals surface area contributed by atoms with E-state index in [1.165, 1.54) is 18.2 Å². The molecule has 1 amide bonds. The Hall–Kier alpha value is -2.60. The number of hydrogen-bond donors (Lipinski definition) is 0. The van der Waals surface area contributed by atoms with Crippen LogP contribution in [0.1, 0.15) is 44.6 Å². The average Bonchev–Trinajstić information content (AvgIpc) is 2.78. The summed E-state index contributed by atoms with van der Waals surface area (Å²) < 4.78 is 1.69. The van der Waals surface area contributed by atoms with E-state index < -0.39 is 0 Å². The van der Waals surface area contributed by atoms with Crippen LogP contribution in [0.2, 0.25) is 0 Å². The van der Waals surface area contributed by atoms with E-state index in [0.717, 1.165) is 37.2 Å². The quantitative estimate of drug-likeness (QED) is 0.446. The van der Waals surface area contributed by atoms with Gasteiger partial charge in [0.25, 0.3) is 5.56 Å². The number of fused-ring (bicyclic) bond motifs is 1. The average molecular weight is 422 g/mol. The molecule has 0 atom stereocenters. The minimum atomic E-state index is -0.0957. The minimum absolute atomic E-state index is 0.0957. The first-order chi connectivity index (χ1) is 14.6. The molecule has 6 heteroatoms. The van der Waals surface area contributed by atoms with Gasteiger partial charge in [0.2, 0.25) is 5.91 Å². The molecule has 1 aromatic heterocycles. The van der Waals surface area contributed by atoms with E-state index in [1.807, 2.05) is 47.4 Å². The van der Waals surface area contributed by atoms with Crippen LogP contribution in [0.3, 0.4) is 0 Å². The Labute approximate surface area is 181 Å². The van der Waals surface area contributed by atoms with Gasteiger partial charge < -0.3 is 4.90 Å². The fraction of sp³-hybridized carbons (Fsp3) is 0.375. The molecule has 156 valence electrons. The lowest BCUT2D eigenvalue weighted by molar-refractivity contribution is -0.129. The maximum absolute atomic E-state index is 13.5. The van der Waals surface area contributed by atoms with Crippen molar-refractivity contribution in [1.82, 2.24) is 14.5 Å². The zero-order valence-corrected chi connectivity index (χ0v) is 18.3. The van der Waals surface area contributed by atoms with Crippen molar-refractivity contribution in [2.75, 3.05) is 18.8 Å². The van der Waals surface area contributed by atoms with Crippen molar-refractivity contribution in [3.05, 3.63) is 64.4 Å². The Morgan fingerprint density at radius 3 is 2.50 bits per heavy atom. The lowest BCUT2D eigenvalue weighted by Crippen LogP contribution is -2.37. The summed E-state index contributed by atoms with van der Waals surface area (Å²) in [6.45, 7) is 5.89. The molecule has 0 aliphatic carbocycles. The van der Waals surface area contributed by atoms with Crippen LogP contribution in [0, 0.1) is 0 Å². The van der Waals surface area contributed by atoms with Gasteiger partial charge in [0.05, 0.1) is 22.3 Å². The molecule has 0 radical (unpaired) electrons. The number of benzene rings is 2. The number of aromatic nitrogens is 2. The Balaban J connectivity index is 1.77. The van der Waals surface area contributed by atoms with Crippen LogP contribution < -0.4 is 5.56 Å². The van der Waals surface area contributed by atoms with Gasteiger partial charge in [0.1, 0.15) is 0 Å². The molecule has 2 aromatic carbocycles. The predicted molar refractivity (Wildman–Crippen MR) is 123 cm³/mol. The molecule has 5 nitrogen and oxygen atoms in total. The highest BCUT2D eigenvalue weighted by Crippen LogP contribution is 2.27. The monoisotopic (exact) mass is 421 g/mol. The summed E-state index contributed by atoms with van der Waals surface area (Å²) in [5.41, 5.74) is 2.49. The molecule has 0 unspecified atom stereocenters. The summed E-state index contributed by atoms with van der Waals surface area (Å²) in [4.78, 5) is 32.9. The molecular formula is C24H27N3O2S. The highest BCUT2D eigenvalue weighted by molar-refractivity contribution is 7.99. The van der Waals surface area contributed by atoms with Crippen molar-refractivity contribution in [3.63, 3.8) is 0 Å².